The third-order valence-electron chi connectivity index (χ3n) is 5.61. The topological polar surface area (TPSA) is 385 Å². The first-order chi connectivity index (χ1) is 31.1. The van der Waals surface area contributed by atoms with Gasteiger partial charge in [0.1, 0.15) is 46.2 Å². The van der Waals surface area contributed by atoms with Crippen LogP contribution in [0, 0.1) is 0 Å². The zero-order valence-corrected chi connectivity index (χ0v) is 43.3. The number of carboxylic acids is 3. The molecule has 0 aliphatic heterocycles. The van der Waals surface area contributed by atoms with Gasteiger partial charge in [0.05, 0.1) is 64.8 Å². The molecule has 0 saturated heterocycles. The van der Waals surface area contributed by atoms with E-state index in [0.29, 0.717) is 26.4 Å². The van der Waals surface area contributed by atoms with Crippen molar-refractivity contribution in [3.05, 3.63) is 31.7 Å². The van der Waals surface area contributed by atoms with Crippen LogP contribution >= 0.6 is 69.6 Å². The van der Waals surface area contributed by atoms with E-state index in [9.17, 15) is 19.8 Å². The van der Waals surface area contributed by atoms with Crippen molar-refractivity contribution in [2.45, 2.75) is 0 Å². The van der Waals surface area contributed by atoms with Gasteiger partial charge in [-0.25, -0.2) is 4.79 Å². The fraction of sp³-hybridized carbons (Fsp3) is 0.500. The second-order valence-electron chi connectivity index (χ2n) is 10.4. The molecule has 0 fully saturated rings. The first-order valence-corrected chi connectivity index (χ1v) is 19.7. The predicted octanol–water partition coefficient (Wildman–Crippen LogP) is -7.66. The van der Waals surface area contributed by atoms with Crippen molar-refractivity contribution in [2.75, 3.05) is 99.1 Å². The number of aliphatic hydroxyl groups excluding tert-OH is 1. The number of aliphatic hydroxyl groups is 1. The minimum Gasteiger partial charge on any atom is -0.546 e. The van der Waals surface area contributed by atoms with E-state index < -0.39 is 37.7 Å². The van der Waals surface area contributed by atoms with Crippen molar-refractivity contribution in [3.8, 4) is 36.1 Å². The molecule has 0 aliphatic carbocycles. The van der Waals surface area contributed by atoms with Gasteiger partial charge in [-0.2, -0.15) is 49.8 Å². The number of aromatic nitrogens is 12. The van der Waals surface area contributed by atoms with Gasteiger partial charge in [-0.3, -0.25) is 0 Å². The summed E-state index contributed by atoms with van der Waals surface area (Å²) in [5.74, 6) is -4.10. The molecule has 2 N–H and O–H groups in total. The molecule has 0 bridgehead atoms. The summed E-state index contributed by atoms with van der Waals surface area (Å²) in [6.45, 7) is 0.434. The maximum Gasteiger partial charge on any atom is 1.00 e. The van der Waals surface area contributed by atoms with Gasteiger partial charge in [0.2, 0.25) is 31.7 Å². The Morgan fingerprint density at radius 1 is 0.373 bits per heavy atom. The van der Waals surface area contributed by atoms with E-state index in [2.05, 4.69) is 59.8 Å². The van der Waals surface area contributed by atoms with E-state index in [-0.39, 0.29) is 180 Å². The first kappa shape index (κ1) is 63.8. The Labute approximate surface area is 451 Å². The number of hydrogen-bond acceptors (Lipinski definition) is 28. The molecule has 0 spiro atoms. The Bertz CT molecular complexity index is 1900. The standard InChI is InChI=1S/C16H18Cl2N6O10.C12H12Cl4N6O4.C2H4O3.2Na/c17-11-19-13(23-15(21-11)33-7-9(25)26)31-5-3-29-1-2-30-4-6-32-14-20-12(18)22-16(24-14)34-8-10(27)28;13-7-17-8(14)20-11(19-7)25-5-3-23-1-2-24-4-6-26-12-21-9(15)18-10(16)22-12;3-1-2(4)5;;/h1-8H2,(H,25,26)(H,27,28);1-6H2;3H,1H2,(H,4,5);;/q;;;2*+1/p-2. The van der Waals surface area contributed by atoms with Crippen molar-refractivity contribution < 1.29 is 141 Å². The molecule has 358 valence electrons. The van der Waals surface area contributed by atoms with Crippen molar-refractivity contribution >= 4 is 87.5 Å². The van der Waals surface area contributed by atoms with Gasteiger partial charge in [-0.1, -0.05) is 0 Å². The molecule has 0 aliphatic rings. The van der Waals surface area contributed by atoms with E-state index in [0.717, 1.165) is 0 Å². The number of carbonyl (C=O) groups is 3. The van der Waals surface area contributed by atoms with E-state index in [1.165, 1.54) is 0 Å². The number of rotatable bonds is 29. The summed E-state index contributed by atoms with van der Waals surface area (Å²) in [7, 11) is 0. The molecule has 0 unspecified atom stereocenters. The summed E-state index contributed by atoms with van der Waals surface area (Å²) >= 11 is 33.8. The number of hydrogen-bond donors (Lipinski definition) is 2. The van der Waals surface area contributed by atoms with Crippen molar-refractivity contribution in [1.29, 1.82) is 0 Å². The second-order valence-corrected chi connectivity index (χ2v) is 12.4. The first-order valence-electron chi connectivity index (χ1n) is 17.4. The molecule has 0 atom stereocenters. The van der Waals surface area contributed by atoms with Gasteiger partial charge in [-0.05, 0) is 69.6 Å². The van der Waals surface area contributed by atoms with E-state index in [1.54, 1.807) is 0 Å². The quantitative estimate of drug-likeness (QED) is 0.0377. The monoisotopic (exact) mass is 1090 g/mol. The number of carbonyl (C=O) groups excluding carboxylic acids is 2. The molecule has 37 heteroatoms. The Morgan fingerprint density at radius 3 is 0.791 bits per heavy atom. The molecule has 4 aromatic heterocycles. The Balaban J connectivity index is 0.00000118. The van der Waals surface area contributed by atoms with Gasteiger partial charge < -0.3 is 77.4 Å². The van der Waals surface area contributed by atoms with Crippen LogP contribution in [0.2, 0.25) is 31.7 Å². The van der Waals surface area contributed by atoms with Crippen LogP contribution in [0.5, 0.6) is 36.1 Å². The maximum atomic E-state index is 10.4. The predicted molar refractivity (Wildman–Crippen MR) is 210 cm³/mol. The Morgan fingerprint density at radius 2 is 0.567 bits per heavy atom. The zero-order chi connectivity index (χ0) is 47.8. The van der Waals surface area contributed by atoms with E-state index >= 15 is 0 Å². The van der Waals surface area contributed by atoms with E-state index in [1.807, 2.05) is 0 Å². The van der Waals surface area contributed by atoms with Crippen LogP contribution in [0.15, 0.2) is 0 Å². The van der Waals surface area contributed by atoms with Crippen molar-refractivity contribution in [3.63, 3.8) is 0 Å². The number of nitrogens with zero attached hydrogens (tertiary/aromatic N) is 12. The fourth-order valence-corrected chi connectivity index (χ4v) is 4.28. The number of halogens is 6. The van der Waals surface area contributed by atoms with Crippen LogP contribution in [0.25, 0.3) is 0 Å². The van der Waals surface area contributed by atoms with Crippen LogP contribution in [-0.2, 0) is 33.3 Å². The largest absolute Gasteiger partial charge is 1.00 e. The van der Waals surface area contributed by atoms with Gasteiger partial charge in [0, 0.05) is 0 Å². The minimum atomic E-state index is -1.45. The third kappa shape index (κ3) is 33.9. The van der Waals surface area contributed by atoms with Crippen molar-refractivity contribution in [2.24, 2.45) is 0 Å². The molecule has 0 aromatic carbocycles. The number of carboxylic acid groups (broad SMARTS) is 3. The van der Waals surface area contributed by atoms with Gasteiger partial charge in [0.25, 0.3) is 0 Å². The van der Waals surface area contributed by atoms with Crippen LogP contribution in [0.3, 0.4) is 0 Å². The third-order valence-corrected chi connectivity index (χ3v) is 6.62. The number of ether oxygens (including phenoxy) is 10. The Kier molecular flexibility index (Phi) is 36.8. The molecule has 0 saturated carbocycles. The molecule has 4 rings (SSSR count). The maximum absolute atomic E-state index is 10.4. The van der Waals surface area contributed by atoms with Gasteiger partial charge in [0.15, 0.2) is 0 Å². The molecule has 29 nitrogen and oxygen atoms in total. The smallest absolute Gasteiger partial charge is 0.546 e. The van der Waals surface area contributed by atoms with Crippen LogP contribution < -0.4 is 97.7 Å². The molecule has 67 heavy (non-hydrogen) atoms. The van der Waals surface area contributed by atoms with Crippen LogP contribution in [0.1, 0.15) is 0 Å². The van der Waals surface area contributed by atoms with Gasteiger partial charge in [-0.15, -0.1) is 9.97 Å². The molecular formula is C30H32Cl6N12Na2O17. The molecule has 0 radical (unpaired) electrons. The Hall–Kier alpha value is -3.21. The summed E-state index contributed by atoms with van der Waals surface area (Å²) < 4.78 is 51.6. The SMILES string of the molecule is Clc1nc(Cl)nc(OCCOCCOCCOc2nc(Cl)nc(Cl)n2)n1.O=C(O)CO.O=C([O-])COc1nc(Cl)nc(OCCOCCOCCOc2nc(Cl)nc(OCC(=O)[O-])n2)n1.[Na+].[Na+]. The number of aliphatic carboxylic acids is 3. The normalized spacial score (nSPS) is 10.1. The molecular weight excluding hydrogens is 1060 g/mol. The fourth-order valence-electron chi connectivity index (χ4n) is 3.29. The van der Waals surface area contributed by atoms with E-state index in [4.69, 9.17) is 132 Å². The van der Waals surface area contributed by atoms with Crippen LogP contribution in [0.4, 0.5) is 0 Å². The van der Waals surface area contributed by atoms with Crippen molar-refractivity contribution in [1.82, 2.24) is 59.8 Å². The summed E-state index contributed by atoms with van der Waals surface area (Å²) in [5, 5.41) is 35.1. The summed E-state index contributed by atoms with van der Waals surface area (Å²) in [4.78, 5) is 74.1. The molecule has 0 amide bonds. The second kappa shape index (κ2) is 38.6. The zero-order valence-electron chi connectivity index (χ0n) is 34.8. The average Bonchev–Trinajstić information content (AvgIpc) is 3.23. The van der Waals surface area contributed by atoms with Crippen LogP contribution in [-0.4, -0.2) is 187 Å². The summed E-state index contributed by atoms with van der Waals surface area (Å²) in [5.41, 5.74) is 0. The van der Waals surface area contributed by atoms with Gasteiger partial charge >= 0.3 is 101 Å². The average molecular weight is 1090 g/mol. The molecule has 4 heterocycles. The summed E-state index contributed by atoms with van der Waals surface area (Å²) in [6, 6.07) is -0.919. The molecule has 4 aromatic rings. The summed E-state index contributed by atoms with van der Waals surface area (Å²) in [6.07, 6.45) is 0. The minimum absolute atomic E-state index is 0.